The number of benzene rings is 3. The molecule has 0 unspecified atom stereocenters. The fraction of sp³-hybridized carbons (Fsp3) is 0.138. The Kier molecular flexibility index (Phi) is 5.95. The van der Waals surface area contributed by atoms with E-state index in [2.05, 4.69) is 16.3 Å². The number of aryl methyl sites for hydroxylation is 1. The van der Waals surface area contributed by atoms with Gasteiger partial charge in [0, 0.05) is 11.6 Å². The van der Waals surface area contributed by atoms with Gasteiger partial charge in [-0.15, -0.1) is 0 Å². The van der Waals surface area contributed by atoms with E-state index in [0.29, 0.717) is 16.6 Å². The van der Waals surface area contributed by atoms with Gasteiger partial charge in [0.05, 0.1) is 16.5 Å². The van der Waals surface area contributed by atoms with Crippen LogP contribution >= 0.6 is 0 Å². The molecule has 1 fully saturated rings. The molecule has 2 N–H and O–H groups in total. The lowest BCUT2D eigenvalue weighted by Crippen LogP contribution is -2.02. The third-order valence-corrected chi connectivity index (χ3v) is 6.41. The van der Waals surface area contributed by atoms with Gasteiger partial charge in [-0.2, -0.15) is 14.8 Å². The maximum Gasteiger partial charge on any atom is 0.328 e. The third kappa shape index (κ3) is 4.29. The van der Waals surface area contributed by atoms with E-state index < -0.39 is 11.9 Å². The normalized spacial score (nSPS) is 14.2. The number of aliphatic carboxylic acids is 1. The molecule has 1 aliphatic rings. The summed E-state index contributed by atoms with van der Waals surface area (Å²) in [5.41, 5.74) is 5.95. The molecule has 0 saturated heterocycles. The van der Waals surface area contributed by atoms with Crippen molar-refractivity contribution in [2.75, 3.05) is 0 Å². The molecule has 5 rings (SSSR count). The van der Waals surface area contributed by atoms with Gasteiger partial charge in [-0.3, -0.25) is 5.10 Å². The molecular weight excluding hydrogens is 460 g/mol. The number of nitrogens with zero attached hydrogens (tertiary/aromatic N) is 2. The largest absolute Gasteiger partial charge is 0.478 e. The molecule has 0 bridgehead atoms. The summed E-state index contributed by atoms with van der Waals surface area (Å²) in [6.45, 7) is 1.85. The number of aromatic amines is 1. The zero-order chi connectivity index (χ0) is 25.4. The topological polar surface area (TPSA) is 89.8 Å². The Morgan fingerprint density at radius 1 is 1.11 bits per heavy atom. The summed E-state index contributed by atoms with van der Waals surface area (Å²) in [6.07, 6.45) is 4.44. The first-order valence-corrected chi connectivity index (χ1v) is 11.5. The molecule has 1 aromatic heterocycles. The molecular formula is C29H21F2N3O2. The molecule has 0 radical (unpaired) electrons. The van der Waals surface area contributed by atoms with E-state index in [9.17, 15) is 18.8 Å². The van der Waals surface area contributed by atoms with Crippen molar-refractivity contribution in [1.29, 1.82) is 5.26 Å². The number of carboxylic acids is 1. The smallest absolute Gasteiger partial charge is 0.328 e. The maximum absolute atomic E-state index is 14.7. The van der Waals surface area contributed by atoms with Crippen molar-refractivity contribution < 1.29 is 18.7 Å². The van der Waals surface area contributed by atoms with Crippen LogP contribution in [0.1, 0.15) is 46.2 Å². The number of aromatic nitrogens is 2. The van der Waals surface area contributed by atoms with Gasteiger partial charge in [-0.05, 0) is 83.4 Å². The molecule has 1 heterocycles. The van der Waals surface area contributed by atoms with Crippen molar-refractivity contribution in [2.45, 2.75) is 19.8 Å². The molecule has 7 heteroatoms. The van der Waals surface area contributed by atoms with Crippen LogP contribution in [0.4, 0.5) is 8.78 Å². The van der Waals surface area contributed by atoms with Crippen molar-refractivity contribution in [3.05, 3.63) is 106 Å². The summed E-state index contributed by atoms with van der Waals surface area (Å²) in [5, 5.41) is 25.5. The lowest BCUT2D eigenvalue weighted by Gasteiger charge is -2.20. The highest BCUT2D eigenvalue weighted by Gasteiger charge is 2.32. The Balaban J connectivity index is 1.82. The minimum atomic E-state index is -1.04. The number of carbonyl (C=O) groups is 1. The summed E-state index contributed by atoms with van der Waals surface area (Å²) >= 11 is 0. The molecule has 36 heavy (non-hydrogen) atoms. The summed E-state index contributed by atoms with van der Waals surface area (Å²) in [4.78, 5) is 10.9. The predicted molar refractivity (Wildman–Crippen MR) is 134 cm³/mol. The highest BCUT2D eigenvalue weighted by molar-refractivity contribution is 6.04. The van der Waals surface area contributed by atoms with Crippen LogP contribution in [0.3, 0.4) is 0 Å². The molecule has 5 nitrogen and oxygen atoms in total. The van der Waals surface area contributed by atoms with E-state index in [1.807, 2.05) is 19.1 Å². The minimum Gasteiger partial charge on any atom is -0.478 e. The van der Waals surface area contributed by atoms with Crippen molar-refractivity contribution in [1.82, 2.24) is 10.2 Å². The average molecular weight is 482 g/mol. The van der Waals surface area contributed by atoms with Gasteiger partial charge in [0.15, 0.2) is 0 Å². The molecule has 1 aliphatic carbocycles. The van der Waals surface area contributed by atoms with E-state index in [-0.39, 0.29) is 22.7 Å². The number of fused-ring (bicyclic) bond motifs is 1. The molecule has 1 saturated carbocycles. The van der Waals surface area contributed by atoms with Gasteiger partial charge in [-0.25, -0.2) is 9.18 Å². The van der Waals surface area contributed by atoms with E-state index in [4.69, 9.17) is 5.11 Å². The van der Waals surface area contributed by atoms with Crippen LogP contribution < -0.4 is 0 Å². The lowest BCUT2D eigenvalue weighted by atomic mass is 9.83. The van der Waals surface area contributed by atoms with Gasteiger partial charge in [0.2, 0.25) is 5.95 Å². The highest BCUT2D eigenvalue weighted by Crippen LogP contribution is 2.49. The Bertz CT molecular complexity index is 1600. The SMILES string of the molecule is Cc1cc(F)ccc1C(=C(c1ccc(C=CC(=O)O)cc1)c1ccc2n[nH]c(F)c2c1C#N)C1CC1. The van der Waals surface area contributed by atoms with Crippen molar-refractivity contribution in [3.8, 4) is 6.07 Å². The van der Waals surface area contributed by atoms with Crippen LogP contribution in [0.5, 0.6) is 0 Å². The number of nitriles is 1. The van der Waals surface area contributed by atoms with Crippen LogP contribution in [0.25, 0.3) is 28.1 Å². The van der Waals surface area contributed by atoms with Crippen molar-refractivity contribution in [2.24, 2.45) is 5.92 Å². The molecule has 3 aromatic carbocycles. The number of H-pyrrole nitrogens is 1. The number of rotatable bonds is 6. The van der Waals surface area contributed by atoms with Crippen LogP contribution in [0, 0.1) is 35.9 Å². The second-order valence-electron chi connectivity index (χ2n) is 8.85. The van der Waals surface area contributed by atoms with E-state index in [1.165, 1.54) is 18.2 Å². The van der Waals surface area contributed by atoms with Crippen molar-refractivity contribution in [3.63, 3.8) is 0 Å². The minimum absolute atomic E-state index is 0.125. The first-order valence-electron chi connectivity index (χ1n) is 11.5. The van der Waals surface area contributed by atoms with E-state index in [0.717, 1.165) is 46.8 Å². The van der Waals surface area contributed by atoms with E-state index >= 15 is 0 Å². The number of allylic oxidation sites excluding steroid dienone is 1. The lowest BCUT2D eigenvalue weighted by molar-refractivity contribution is -0.131. The highest BCUT2D eigenvalue weighted by atomic mass is 19.1. The first-order chi connectivity index (χ1) is 17.4. The summed E-state index contributed by atoms with van der Waals surface area (Å²) < 4.78 is 28.7. The summed E-state index contributed by atoms with van der Waals surface area (Å²) in [6, 6.07) is 17.6. The van der Waals surface area contributed by atoms with Gasteiger partial charge < -0.3 is 5.11 Å². The zero-order valence-electron chi connectivity index (χ0n) is 19.3. The molecule has 4 aromatic rings. The van der Waals surface area contributed by atoms with Gasteiger partial charge >= 0.3 is 5.97 Å². The molecule has 0 aliphatic heterocycles. The Labute approximate surface area is 206 Å². The number of nitrogens with one attached hydrogen (secondary N) is 1. The Morgan fingerprint density at radius 2 is 1.83 bits per heavy atom. The van der Waals surface area contributed by atoms with Crippen LogP contribution in [-0.4, -0.2) is 21.3 Å². The number of hydrogen-bond donors (Lipinski definition) is 2. The number of carboxylic acid groups (broad SMARTS) is 1. The van der Waals surface area contributed by atoms with Gasteiger partial charge in [-0.1, -0.05) is 36.4 Å². The standard InChI is InChI=1S/C29H21F2N3O2/c1-16-14-20(30)9-10-21(16)26(19-7-8-19)27(18-5-2-17(3-6-18)4-13-25(35)36)22-11-12-24-28(23(22)15-32)29(31)34-33-24/h2-6,9-14,19H,7-8H2,1H3,(H,33,34)(H,35,36). The summed E-state index contributed by atoms with van der Waals surface area (Å²) in [7, 11) is 0. The second-order valence-corrected chi connectivity index (χ2v) is 8.85. The number of halogens is 2. The first kappa shape index (κ1) is 23.2. The Hall–Kier alpha value is -4.57. The number of hydrogen-bond acceptors (Lipinski definition) is 3. The second kappa shape index (κ2) is 9.23. The monoisotopic (exact) mass is 481 g/mol. The van der Waals surface area contributed by atoms with Crippen molar-refractivity contribution >= 4 is 34.1 Å². The fourth-order valence-corrected chi connectivity index (χ4v) is 4.64. The molecule has 0 atom stereocenters. The Morgan fingerprint density at radius 3 is 2.47 bits per heavy atom. The molecule has 178 valence electrons. The van der Waals surface area contributed by atoms with Crippen LogP contribution in [0.2, 0.25) is 0 Å². The van der Waals surface area contributed by atoms with Gasteiger partial charge in [0.25, 0.3) is 0 Å². The molecule has 0 spiro atoms. The molecule has 0 amide bonds. The third-order valence-electron chi connectivity index (χ3n) is 6.41. The van der Waals surface area contributed by atoms with Gasteiger partial charge in [0.1, 0.15) is 11.9 Å². The quantitative estimate of drug-likeness (QED) is 0.243. The average Bonchev–Trinajstić information content (AvgIpc) is 3.63. The van der Waals surface area contributed by atoms with Crippen LogP contribution in [0.15, 0.2) is 60.7 Å². The van der Waals surface area contributed by atoms with E-state index in [1.54, 1.807) is 30.3 Å². The predicted octanol–water partition coefficient (Wildman–Crippen LogP) is 6.49. The zero-order valence-corrected chi connectivity index (χ0v) is 19.3. The maximum atomic E-state index is 14.7. The fourth-order valence-electron chi connectivity index (χ4n) is 4.64. The van der Waals surface area contributed by atoms with Crippen LogP contribution in [-0.2, 0) is 4.79 Å². The summed E-state index contributed by atoms with van der Waals surface area (Å²) in [5.74, 6) is -1.85.